The molecule has 1 fully saturated rings. The molecule has 104 valence electrons. The number of carbonyl (C=O) groups is 1. The molecule has 1 aliphatic rings. The van der Waals surface area contributed by atoms with Crippen LogP contribution in [0, 0.1) is 11.8 Å². The molecule has 0 unspecified atom stereocenters. The van der Waals surface area contributed by atoms with E-state index >= 15 is 0 Å². The summed E-state index contributed by atoms with van der Waals surface area (Å²) in [6.45, 7) is 5.93. The highest BCUT2D eigenvalue weighted by atomic mass is 32.2. The van der Waals surface area contributed by atoms with Gasteiger partial charge in [-0.1, -0.05) is 32.0 Å². The number of ether oxygens (including phenoxy) is 2. The minimum absolute atomic E-state index is 0.0927. The lowest BCUT2D eigenvalue weighted by Gasteiger charge is -2.35. The van der Waals surface area contributed by atoms with Crippen molar-refractivity contribution in [3.05, 3.63) is 30.3 Å². The van der Waals surface area contributed by atoms with Crippen molar-refractivity contribution < 1.29 is 14.3 Å². The molecular weight excluding hydrogens is 260 g/mol. The monoisotopic (exact) mass is 280 g/mol. The van der Waals surface area contributed by atoms with E-state index < -0.39 is 6.29 Å². The van der Waals surface area contributed by atoms with Crippen molar-refractivity contribution >= 4 is 17.7 Å². The predicted molar refractivity (Wildman–Crippen MR) is 75.9 cm³/mol. The van der Waals surface area contributed by atoms with Crippen molar-refractivity contribution in [2.45, 2.75) is 38.1 Å². The van der Waals surface area contributed by atoms with E-state index in [0.717, 1.165) is 4.90 Å². The summed E-state index contributed by atoms with van der Waals surface area (Å²) in [5, 5.41) is 0. The third-order valence-electron chi connectivity index (χ3n) is 3.17. The van der Waals surface area contributed by atoms with Gasteiger partial charge in [0.1, 0.15) is 0 Å². The highest BCUT2D eigenvalue weighted by Crippen LogP contribution is 2.29. The van der Waals surface area contributed by atoms with Gasteiger partial charge >= 0.3 is 5.97 Å². The van der Waals surface area contributed by atoms with E-state index in [1.807, 2.05) is 51.1 Å². The molecule has 0 saturated carbocycles. The number of thioether (sulfide) groups is 1. The van der Waals surface area contributed by atoms with Gasteiger partial charge in [-0.15, -0.1) is 11.8 Å². The largest absolute Gasteiger partial charge is 0.435 e. The fraction of sp³-hybridized carbons (Fsp3) is 0.533. The molecule has 1 saturated heterocycles. The molecular formula is C15H20O3S. The Kier molecular flexibility index (Phi) is 4.88. The number of rotatable bonds is 4. The Morgan fingerprint density at radius 1 is 1.26 bits per heavy atom. The van der Waals surface area contributed by atoms with Gasteiger partial charge in [0.15, 0.2) is 0 Å². The normalized spacial score (nSPS) is 27.4. The summed E-state index contributed by atoms with van der Waals surface area (Å²) in [7, 11) is 0. The minimum atomic E-state index is -0.402. The first-order chi connectivity index (χ1) is 9.08. The number of esters is 1. The summed E-state index contributed by atoms with van der Waals surface area (Å²) in [4.78, 5) is 13.2. The molecule has 0 radical (unpaired) electrons. The van der Waals surface area contributed by atoms with Crippen LogP contribution in [0.25, 0.3) is 0 Å². The molecule has 1 aromatic carbocycles. The van der Waals surface area contributed by atoms with Crippen LogP contribution >= 0.6 is 11.8 Å². The third-order valence-corrected chi connectivity index (χ3v) is 4.30. The zero-order chi connectivity index (χ0) is 13.8. The quantitative estimate of drug-likeness (QED) is 0.626. The number of benzene rings is 1. The summed E-state index contributed by atoms with van der Waals surface area (Å²) in [5.74, 6) is 0.546. The van der Waals surface area contributed by atoms with E-state index in [-0.39, 0.29) is 23.9 Å². The minimum Gasteiger partial charge on any atom is -0.435 e. The Morgan fingerprint density at radius 3 is 2.53 bits per heavy atom. The van der Waals surface area contributed by atoms with Crippen LogP contribution in [-0.2, 0) is 14.3 Å². The van der Waals surface area contributed by atoms with Gasteiger partial charge in [-0.05, 0) is 19.1 Å². The summed E-state index contributed by atoms with van der Waals surface area (Å²) in [6, 6.07) is 10.1. The maximum absolute atomic E-state index is 12.0. The van der Waals surface area contributed by atoms with Crippen molar-refractivity contribution in [1.29, 1.82) is 0 Å². The Morgan fingerprint density at radius 2 is 1.95 bits per heavy atom. The van der Waals surface area contributed by atoms with Crippen molar-refractivity contribution in [3.63, 3.8) is 0 Å². The summed E-state index contributed by atoms with van der Waals surface area (Å²) in [5.41, 5.74) is 0. The molecule has 2 rings (SSSR count). The van der Waals surface area contributed by atoms with E-state index in [2.05, 4.69) is 0 Å². The van der Waals surface area contributed by atoms with Gasteiger partial charge in [0, 0.05) is 16.6 Å². The maximum atomic E-state index is 12.0. The van der Waals surface area contributed by atoms with Gasteiger partial charge in [0.05, 0.1) is 12.0 Å². The highest BCUT2D eigenvalue weighted by molar-refractivity contribution is 7.99. The smallest absolute Gasteiger partial charge is 0.314 e. The van der Waals surface area contributed by atoms with Crippen molar-refractivity contribution in [2.24, 2.45) is 11.8 Å². The van der Waals surface area contributed by atoms with E-state index in [4.69, 9.17) is 9.47 Å². The van der Waals surface area contributed by atoms with E-state index in [0.29, 0.717) is 5.75 Å². The lowest BCUT2D eigenvalue weighted by molar-refractivity contribution is -0.236. The van der Waals surface area contributed by atoms with Gasteiger partial charge in [-0.25, -0.2) is 0 Å². The number of hydrogen-bond donors (Lipinski definition) is 0. The second-order valence-corrected chi connectivity index (χ2v) is 6.21. The van der Waals surface area contributed by atoms with Gasteiger partial charge in [0.25, 0.3) is 0 Å². The summed E-state index contributed by atoms with van der Waals surface area (Å²) >= 11 is 1.66. The summed E-state index contributed by atoms with van der Waals surface area (Å²) in [6.07, 6.45) is -0.495. The van der Waals surface area contributed by atoms with Crippen LogP contribution in [0.2, 0.25) is 0 Å². The van der Waals surface area contributed by atoms with Crippen LogP contribution in [0.15, 0.2) is 35.2 Å². The maximum Gasteiger partial charge on any atom is 0.314 e. The average Bonchev–Trinajstić information content (AvgIpc) is 2.38. The number of carbonyl (C=O) groups excluding carboxylic acids is 1. The molecule has 1 aliphatic heterocycles. The second kappa shape index (κ2) is 6.44. The average molecular weight is 280 g/mol. The number of hydrogen-bond acceptors (Lipinski definition) is 4. The predicted octanol–water partition coefficient (Wildman–Crippen LogP) is 3.34. The first kappa shape index (κ1) is 14.4. The Labute approximate surface area is 118 Å². The topological polar surface area (TPSA) is 35.5 Å². The van der Waals surface area contributed by atoms with Crippen LogP contribution in [0.5, 0.6) is 0 Å². The van der Waals surface area contributed by atoms with Gasteiger partial charge in [0.2, 0.25) is 6.29 Å². The molecule has 3 nitrogen and oxygen atoms in total. The molecule has 0 amide bonds. The molecule has 4 heteroatoms. The highest BCUT2D eigenvalue weighted by Gasteiger charge is 2.37. The van der Waals surface area contributed by atoms with Crippen molar-refractivity contribution in [2.75, 3.05) is 5.75 Å². The summed E-state index contributed by atoms with van der Waals surface area (Å²) < 4.78 is 11.1. The lowest BCUT2D eigenvalue weighted by Crippen LogP contribution is -2.45. The zero-order valence-electron chi connectivity index (χ0n) is 11.5. The first-order valence-corrected chi connectivity index (χ1v) is 7.60. The molecule has 1 heterocycles. The molecule has 0 N–H and O–H groups in total. The van der Waals surface area contributed by atoms with Crippen LogP contribution in [0.3, 0.4) is 0 Å². The standard InChI is InChI=1S/C15H20O3S/c1-10(2)15-17-11(3)13(14(16)18-15)9-19-12-7-5-4-6-8-12/h4-8,10-11,13,15H,9H2,1-3H3/t11-,13-,15+/m0/s1. The first-order valence-electron chi connectivity index (χ1n) is 6.61. The van der Waals surface area contributed by atoms with E-state index in [9.17, 15) is 4.79 Å². The Hall–Kier alpha value is -1.00. The van der Waals surface area contributed by atoms with Crippen LogP contribution < -0.4 is 0 Å². The van der Waals surface area contributed by atoms with E-state index in [1.54, 1.807) is 11.8 Å². The zero-order valence-corrected chi connectivity index (χ0v) is 12.4. The Bertz CT molecular complexity index is 419. The molecule has 3 atom stereocenters. The molecule has 0 spiro atoms. The van der Waals surface area contributed by atoms with Crippen molar-refractivity contribution in [3.8, 4) is 0 Å². The SMILES string of the molecule is CC(C)[C@H]1OC(=O)[C@@H](CSc2ccccc2)[C@H](C)O1. The fourth-order valence-corrected chi connectivity index (χ4v) is 3.06. The molecule has 0 aromatic heterocycles. The fourth-order valence-electron chi connectivity index (χ4n) is 1.93. The van der Waals surface area contributed by atoms with Gasteiger partial charge in [-0.3, -0.25) is 4.79 Å². The lowest BCUT2D eigenvalue weighted by atomic mass is 10.0. The third kappa shape index (κ3) is 3.74. The van der Waals surface area contributed by atoms with Gasteiger partial charge in [-0.2, -0.15) is 0 Å². The van der Waals surface area contributed by atoms with E-state index in [1.165, 1.54) is 0 Å². The molecule has 0 bridgehead atoms. The number of cyclic esters (lactones) is 1. The van der Waals surface area contributed by atoms with Crippen LogP contribution in [-0.4, -0.2) is 24.1 Å². The van der Waals surface area contributed by atoms with Crippen LogP contribution in [0.4, 0.5) is 0 Å². The Balaban J connectivity index is 1.92. The molecule has 0 aliphatic carbocycles. The van der Waals surface area contributed by atoms with Crippen molar-refractivity contribution in [1.82, 2.24) is 0 Å². The van der Waals surface area contributed by atoms with Gasteiger partial charge < -0.3 is 9.47 Å². The molecule has 19 heavy (non-hydrogen) atoms. The second-order valence-electron chi connectivity index (χ2n) is 5.12. The molecule has 1 aromatic rings. The van der Waals surface area contributed by atoms with Crippen LogP contribution in [0.1, 0.15) is 20.8 Å².